The number of pyridine rings is 1. The third-order valence-corrected chi connectivity index (χ3v) is 3.71. The molecule has 0 aliphatic heterocycles. The van der Waals surface area contributed by atoms with E-state index in [4.69, 9.17) is 16.3 Å². The number of rotatable bonds is 4. The van der Waals surface area contributed by atoms with Crippen molar-refractivity contribution < 1.29 is 4.74 Å². The van der Waals surface area contributed by atoms with Gasteiger partial charge in [0.25, 0.3) is 0 Å². The monoisotopic (exact) mass is 297 g/mol. The molecule has 1 aromatic heterocycles. The lowest BCUT2D eigenvalue weighted by Gasteiger charge is -2.11. The largest absolute Gasteiger partial charge is 0.489 e. The van der Waals surface area contributed by atoms with Gasteiger partial charge in [-0.15, -0.1) is 11.6 Å². The lowest BCUT2D eigenvalue weighted by atomic mass is 10.1. The van der Waals surface area contributed by atoms with Crippen LogP contribution in [0.1, 0.15) is 16.7 Å². The molecule has 0 fully saturated rings. The predicted octanol–water partition coefficient (Wildman–Crippen LogP) is 4.86. The van der Waals surface area contributed by atoms with Crippen LogP contribution in [-0.2, 0) is 12.5 Å². The molecule has 2 nitrogen and oxygen atoms in total. The van der Waals surface area contributed by atoms with Gasteiger partial charge in [0.2, 0.25) is 0 Å². The Hall–Kier alpha value is -2.06. The topological polar surface area (TPSA) is 22.1 Å². The van der Waals surface area contributed by atoms with Gasteiger partial charge in [0.05, 0.1) is 11.4 Å². The highest BCUT2D eigenvalue weighted by atomic mass is 35.5. The molecular weight excluding hydrogens is 282 g/mol. The van der Waals surface area contributed by atoms with Crippen LogP contribution in [0.5, 0.6) is 5.75 Å². The second-order valence-electron chi connectivity index (χ2n) is 5.06. The van der Waals surface area contributed by atoms with E-state index >= 15 is 0 Å². The van der Waals surface area contributed by atoms with E-state index in [0.717, 1.165) is 27.8 Å². The highest BCUT2D eigenvalue weighted by Crippen LogP contribution is 2.23. The maximum atomic E-state index is 5.98. The number of alkyl halides is 1. The number of benzene rings is 2. The van der Waals surface area contributed by atoms with E-state index in [2.05, 4.69) is 30.1 Å². The molecule has 0 radical (unpaired) electrons. The normalized spacial score (nSPS) is 10.8. The fraction of sp³-hybridized carbons (Fsp3) is 0.167. The van der Waals surface area contributed by atoms with E-state index in [0.29, 0.717) is 12.5 Å². The molecule has 106 valence electrons. The first-order valence-corrected chi connectivity index (χ1v) is 7.41. The van der Waals surface area contributed by atoms with Crippen LogP contribution in [0.4, 0.5) is 0 Å². The van der Waals surface area contributed by atoms with Crippen molar-refractivity contribution in [2.45, 2.75) is 19.4 Å². The lowest BCUT2D eigenvalue weighted by molar-refractivity contribution is 0.304. The van der Waals surface area contributed by atoms with Crippen LogP contribution in [0.25, 0.3) is 10.9 Å². The number of halogens is 1. The summed E-state index contributed by atoms with van der Waals surface area (Å²) in [6, 6.07) is 16.3. The minimum Gasteiger partial charge on any atom is -0.489 e. The van der Waals surface area contributed by atoms with E-state index in [-0.39, 0.29) is 0 Å². The van der Waals surface area contributed by atoms with Gasteiger partial charge in [0, 0.05) is 17.1 Å². The molecule has 3 aromatic rings. The van der Waals surface area contributed by atoms with Crippen molar-refractivity contribution in [1.29, 1.82) is 0 Å². The molecule has 0 unspecified atom stereocenters. The van der Waals surface area contributed by atoms with Gasteiger partial charge >= 0.3 is 0 Å². The third kappa shape index (κ3) is 3.17. The van der Waals surface area contributed by atoms with Crippen molar-refractivity contribution in [1.82, 2.24) is 4.98 Å². The molecule has 0 N–H and O–H groups in total. The highest BCUT2D eigenvalue weighted by molar-refractivity contribution is 6.17. The zero-order chi connectivity index (χ0) is 14.7. The summed E-state index contributed by atoms with van der Waals surface area (Å²) in [7, 11) is 0. The number of ether oxygens (including phenoxy) is 1. The van der Waals surface area contributed by atoms with Gasteiger partial charge in [-0.2, -0.15) is 0 Å². The summed E-state index contributed by atoms with van der Waals surface area (Å²) in [4.78, 5) is 4.32. The first kappa shape index (κ1) is 13.9. The first-order valence-electron chi connectivity index (χ1n) is 6.88. The van der Waals surface area contributed by atoms with Gasteiger partial charge in [-0.1, -0.05) is 29.8 Å². The van der Waals surface area contributed by atoms with Crippen LogP contribution in [0, 0.1) is 6.92 Å². The lowest BCUT2D eigenvalue weighted by Crippen LogP contribution is -1.98. The van der Waals surface area contributed by atoms with Crippen LogP contribution in [0.15, 0.2) is 54.7 Å². The molecule has 1 heterocycles. The number of hydrogen-bond donors (Lipinski definition) is 0. The minimum atomic E-state index is 0.457. The standard InChI is InChI=1S/C18H16ClNO/c1-13-4-7-18(16(9-13)11-19)21-12-14-5-6-17-15(10-14)3-2-8-20-17/h2-10H,11-12H2,1H3. The number of fused-ring (bicyclic) bond motifs is 1. The number of aromatic nitrogens is 1. The van der Waals surface area contributed by atoms with Crippen LogP contribution >= 0.6 is 11.6 Å². The van der Waals surface area contributed by atoms with Gasteiger partial charge < -0.3 is 4.74 Å². The Morgan fingerprint density at radius 3 is 2.86 bits per heavy atom. The summed E-state index contributed by atoms with van der Waals surface area (Å²) in [5.74, 6) is 1.31. The van der Waals surface area contributed by atoms with E-state index in [1.165, 1.54) is 5.56 Å². The average Bonchev–Trinajstić information content (AvgIpc) is 2.53. The Labute approximate surface area is 129 Å². The Morgan fingerprint density at radius 1 is 1.10 bits per heavy atom. The van der Waals surface area contributed by atoms with E-state index in [1.807, 2.05) is 30.3 Å². The maximum Gasteiger partial charge on any atom is 0.124 e. The Balaban J connectivity index is 1.80. The quantitative estimate of drug-likeness (QED) is 0.642. The molecule has 3 rings (SSSR count). The number of nitrogens with zero attached hydrogens (tertiary/aromatic N) is 1. The maximum absolute atomic E-state index is 5.98. The summed E-state index contributed by atoms with van der Waals surface area (Å²) in [5.41, 5.74) is 4.34. The van der Waals surface area contributed by atoms with Crippen molar-refractivity contribution in [2.75, 3.05) is 0 Å². The third-order valence-electron chi connectivity index (χ3n) is 3.42. The van der Waals surface area contributed by atoms with Crippen LogP contribution < -0.4 is 4.74 Å². The fourth-order valence-corrected chi connectivity index (χ4v) is 2.54. The van der Waals surface area contributed by atoms with Gasteiger partial charge in [-0.05, 0) is 36.8 Å². The second-order valence-corrected chi connectivity index (χ2v) is 5.33. The van der Waals surface area contributed by atoms with Crippen molar-refractivity contribution in [3.8, 4) is 5.75 Å². The van der Waals surface area contributed by atoms with Crippen LogP contribution in [-0.4, -0.2) is 4.98 Å². The molecule has 0 saturated carbocycles. The van der Waals surface area contributed by atoms with E-state index < -0.39 is 0 Å². The van der Waals surface area contributed by atoms with Gasteiger partial charge in [0.15, 0.2) is 0 Å². The van der Waals surface area contributed by atoms with Gasteiger partial charge in [-0.3, -0.25) is 4.98 Å². The van der Waals surface area contributed by atoms with Crippen molar-refractivity contribution in [3.05, 3.63) is 71.4 Å². The molecule has 0 bridgehead atoms. The van der Waals surface area contributed by atoms with Gasteiger partial charge in [-0.25, -0.2) is 0 Å². The summed E-state index contributed by atoms with van der Waals surface area (Å²) in [5, 5.41) is 1.13. The SMILES string of the molecule is Cc1ccc(OCc2ccc3ncccc3c2)c(CCl)c1. The molecule has 2 aromatic carbocycles. The van der Waals surface area contributed by atoms with Gasteiger partial charge in [0.1, 0.15) is 12.4 Å². The Bertz CT molecular complexity index is 770. The first-order chi connectivity index (χ1) is 10.3. The molecule has 0 spiro atoms. The molecule has 3 heteroatoms. The predicted molar refractivity (Wildman–Crippen MR) is 86.8 cm³/mol. The second kappa shape index (κ2) is 6.15. The van der Waals surface area contributed by atoms with Crippen molar-refractivity contribution in [3.63, 3.8) is 0 Å². The summed E-state index contributed by atoms with van der Waals surface area (Å²) in [6.07, 6.45) is 1.80. The van der Waals surface area contributed by atoms with Crippen molar-refractivity contribution in [2.24, 2.45) is 0 Å². The molecule has 0 aliphatic rings. The molecule has 0 saturated heterocycles. The zero-order valence-electron chi connectivity index (χ0n) is 11.8. The number of hydrogen-bond acceptors (Lipinski definition) is 2. The zero-order valence-corrected chi connectivity index (χ0v) is 12.6. The molecule has 21 heavy (non-hydrogen) atoms. The molecule has 0 atom stereocenters. The Morgan fingerprint density at radius 2 is 2.00 bits per heavy atom. The smallest absolute Gasteiger partial charge is 0.124 e. The number of aryl methyl sites for hydroxylation is 1. The van der Waals surface area contributed by atoms with Crippen LogP contribution in [0.2, 0.25) is 0 Å². The van der Waals surface area contributed by atoms with Crippen molar-refractivity contribution >= 4 is 22.5 Å². The van der Waals surface area contributed by atoms with E-state index in [9.17, 15) is 0 Å². The Kier molecular flexibility index (Phi) is 4.07. The molecule has 0 amide bonds. The van der Waals surface area contributed by atoms with Crippen LogP contribution in [0.3, 0.4) is 0 Å². The average molecular weight is 298 g/mol. The molecule has 0 aliphatic carbocycles. The summed E-state index contributed by atoms with van der Waals surface area (Å²) < 4.78 is 5.91. The summed E-state index contributed by atoms with van der Waals surface area (Å²) in [6.45, 7) is 2.58. The molecular formula is C18H16ClNO. The summed E-state index contributed by atoms with van der Waals surface area (Å²) >= 11 is 5.98. The fourth-order valence-electron chi connectivity index (χ4n) is 2.33. The minimum absolute atomic E-state index is 0.457. The highest BCUT2D eigenvalue weighted by Gasteiger charge is 2.04. The van der Waals surface area contributed by atoms with E-state index in [1.54, 1.807) is 6.20 Å².